The largest absolute Gasteiger partial charge is 0.349 e. The first-order chi connectivity index (χ1) is 7.09. The Morgan fingerprint density at radius 3 is 2.93 bits per heavy atom. The van der Waals surface area contributed by atoms with E-state index in [0.717, 1.165) is 17.9 Å². The van der Waals surface area contributed by atoms with Crippen LogP contribution in [0, 0.1) is 0 Å². The number of aliphatic imine (C=N–C) groups is 1. The molecule has 1 unspecified atom stereocenters. The van der Waals surface area contributed by atoms with Crippen molar-refractivity contribution in [3.05, 3.63) is 0 Å². The van der Waals surface area contributed by atoms with Crippen molar-refractivity contribution < 1.29 is 4.79 Å². The van der Waals surface area contributed by atoms with Crippen molar-refractivity contribution in [3.63, 3.8) is 0 Å². The lowest BCUT2D eigenvalue weighted by atomic mass is 10.3. The number of nitrogens with zero attached hydrogens (tertiary/aromatic N) is 2. The van der Waals surface area contributed by atoms with Crippen LogP contribution in [-0.4, -0.2) is 46.8 Å². The standard InChI is InChI=1S/C10H18N2OS2/c1-8-7-15-10(11-8)14-6-4-5-9(13)12(2)3/h8H,4-7H2,1-3H3. The number of rotatable bonds is 4. The minimum atomic E-state index is 0.213. The van der Waals surface area contributed by atoms with Gasteiger partial charge in [0.05, 0.1) is 6.04 Å². The van der Waals surface area contributed by atoms with Crippen molar-refractivity contribution in [2.75, 3.05) is 25.6 Å². The highest BCUT2D eigenvalue weighted by atomic mass is 32.2. The normalized spacial score (nSPS) is 20.2. The molecule has 0 fully saturated rings. The molecule has 86 valence electrons. The van der Waals surface area contributed by atoms with Gasteiger partial charge in [0, 0.05) is 32.0 Å². The molecule has 15 heavy (non-hydrogen) atoms. The number of amides is 1. The Kier molecular flexibility index (Phi) is 5.53. The summed E-state index contributed by atoms with van der Waals surface area (Å²) in [5, 5.41) is 0. The summed E-state index contributed by atoms with van der Waals surface area (Å²) in [4.78, 5) is 17.4. The predicted octanol–water partition coefficient (Wildman–Crippen LogP) is 2.08. The molecule has 1 amide bonds. The van der Waals surface area contributed by atoms with E-state index >= 15 is 0 Å². The zero-order chi connectivity index (χ0) is 11.3. The topological polar surface area (TPSA) is 32.7 Å². The molecule has 0 saturated heterocycles. The van der Waals surface area contributed by atoms with Crippen LogP contribution in [0.3, 0.4) is 0 Å². The average molecular weight is 246 g/mol. The molecule has 0 aromatic carbocycles. The van der Waals surface area contributed by atoms with Gasteiger partial charge in [0.1, 0.15) is 4.38 Å². The fourth-order valence-electron chi connectivity index (χ4n) is 1.13. The molecule has 1 aliphatic rings. The monoisotopic (exact) mass is 246 g/mol. The van der Waals surface area contributed by atoms with Gasteiger partial charge in [-0.2, -0.15) is 0 Å². The quantitative estimate of drug-likeness (QED) is 0.712. The minimum Gasteiger partial charge on any atom is -0.349 e. The summed E-state index contributed by atoms with van der Waals surface area (Å²) in [7, 11) is 3.60. The molecule has 0 saturated carbocycles. The minimum absolute atomic E-state index is 0.213. The fraction of sp³-hybridized carbons (Fsp3) is 0.800. The molecule has 1 heterocycles. The lowest BCUT2D eigenvalue weighted by Gasteiger charge is -2.09. The Bertz CT molecular complexity index is 254. The summed E-state index contributed by atoms with van der Waals surface area (Å²) in [5.41, 5.74) is 0. The van der Waals surface area contributed by atoms with Crippen LogP contribution in [-0.2, 0) is 4.79 Å². The molecule has 1 atom stereocenters. The summed E-state index contributed by atoms with van der Waals surface area (Å²) in [5.74, 6) is 2.32. The first kappa shape index (κ1) is 12.9. The van der Waals surface area contributed by atoms with Gasteiger partial charge in [-0.05, 0) is 13.3 Å². The number of carbonyl (C=O) groups is 1. The van der Waals surface area contributed by atoms with Crippen LogP contribution in [0.4, 0.5) is 0 Å². The molecule has 3 nitrogen and oxygen atoms in total. The zero-order valence-electron chi connectivity index (χ0n) is 9.52. The van der Waals surface area contributed by atoms with E-state index < -0.39 is 0 Å². The summed E-state index contributed by atoms with van der Waals surface area (Å²) in [6, 6.07) is 0.473. The van der Waals surface area contributed by atoms with Crippen LogP contribution in [0.2, 0.25) is 0 Å². The summed E-state index contributed by atoms with van der Waals surface area (Å²) in [6.07, 6.45) is 1.59. The van der Waals surface area contributed by atoms with E-state index in [-0.39, 0.29) is 5.91 Å². The number of hydrogen-bond donors (Lipinski definition) is 0. The number of hydrogen-bond acceptors (Lipinski definition) is 4. The van der Waals surface area contributed by atoms with Crippen molar-refractivity contribution >= 4 is 33.8 Å². The van der Waals surface area contributed by atoms with Crippen molar-refractivity contribution in [1.29, 1.82) is 0 Å². The van der Waals surface area contributed by atoms with E-state index in [4.69, 9.17) is 0 Å². The maximum Gasteiger partial charge on any atom is 0.222 e. The lowest BCUT2D eigenvalue weighted by Crippen LogP contribution is -2.21. The van der Waals surface area contributed by atoms with E-state index in [1.165, 1.54) is 4.38 Å². The Hall–Kier alpha value is -0.160. The van der Waals surface area contributed by atoms with Crippen LogP contribution < -0.4 is 0 Å². The molecule has 0 N–H and O–H groups in total. The predicted molar refractivity (Wildman–Crippen MR) is 69.7 cm³/mol. The highest BCUT2D eigenvalue weighted by Gasteiger charge is 2.13. The third-order valence-corrected chi connectivity index (χ3v) is 4.59. The lowest BCUT2D eigenvalue weighted by molar-refractivity contribution is -0.128. The number of carbonyl (C=O) groups excluding carboxylic acids is 1. The van der Waals surface area contributed by atoms with Gasteiger partial charge in [-0.15, -0.1) is 0 Å². The van der Waals surface area contributed by atoms with E-state index in [1.54, 1.807) is 30.8 Å². The van der Waals surface area contributed by atoms with Gasteiger partial charge in [0.15, 0.2) is 0 Å². The molecule has 0 bridgehead atoms. The van der Waals surface area contributed by atoms with E-state index in [2.05, 4.69) is 11.9 Å². The summed E-state index contributed by atoms with van der Waals surface area (Å²) in [6.45, 7) is 2.14. The van der Waals surface area contributed by atoms with Crippen LogP contribution in [0.25, 0.3) is 0 Å². The van der Waals surface area contributed by atoms with E-state index in [0.29, 0.717) is 12.5 Å². The SMILES string of the molecule is CC1CSC(SCCCC(=O)N(C)C)=N1. The molecule has 0 aliphatic carbocycles. The van der Waals surface area contributed by atoms with Gasteiger partial charge >= 0.3 is 0 Å². The highest BCUT2D eigenvalue weighted by Crippen LogP contribution is 2.26. The van der Waals surface area contributed by atoms with Gasteiger partial charge in [0.25, 0.3) is 0 Å². The van der Waals surface area contributed by atoms with E-state index in [1.807, 2.05) is 11.8 Å². The van der Waals surface area contributed by atoms with Crippen LogP contribution in [0.15, 0.2) is 4.99 Å². The molecule has 0 radical (unpaired) electrons. The van der Waals surface area contributed by atoms with Gasteiger partial charge in [-0.25, -0.2) is 0 Å². The van der Waals surface area contributed by atoms with Gasteiger partial charge in [-0.3, -0.25) is 9.79 Å². The first-order valence-electron chi connectivity index (χ1n) is 5.13. The fourth-order valence-corrected chi connectivity index (χ4v) is 3.35. The third kappa shape index (κ3) is 4.93. The maximum absolute atomic E-state index is 11.3. The smallest absolute Gasteiger partial charge is 0.222 e. The first-order valence-corrected chi connectivity index (χ1v) is 7.10. The Morgan fingerprint density at radius 2 is 2.40 bits per heavy atom. The Balaban J connectivity index is 2.07. The molecule has 0 aromatic heterocycles. The van der Waals surface area contributed by atoms with E-state index in [9.17, 15) is 4.79 Å². The Morgan fingerprint density at radius 1 is 1.67 bits per heavy atom. The van der Waals surface area contributed by atoms with Gasteiger partial charge in [-0.1, -0.05) is 23.5 Å². The van der Waals surface area contributed by atoms with Crippen molar-refractivity contribution in [3.8, 4) is 0 Å². The van der Waals surface area contributed by atoms with Crippen LogP contribution >= 0.6 is 23.5 Å². The second-order valence-electron chi connectivity index (χ2n) is 3.80. The molecular formula is C10H18N2OS2. The Labute approximate surface area is 100 Å². The van der Waals surface area contributed by atoms with Crippen molar-refractivity contribution in [2.24, 2.45) is 4.99 Å². The van der Waals surface area contributed by atoms with Crippen LogP contribution in [0.1, 0.15) is 19.8 Å². The summed E-state index contributed by atoms with van der Waals surface area (Å²) < 4.78 is 1.19. The molecular weight excluding hydrogens is 228 g/mol. The zero-order valence-corrected chi connectivity index (χ0v) is 11.2. The second-order valence-corrected chi connectivity index (χ2v) is 6.15. The van der Waals surface area contributed by atoms with Gasteiger partial charge < -0.3 is 4.90 Å². The second kappa shape index (κ2) is 6.43. The molecule has 0 spiro atoms. The maximum atomic E-state index is 11.3. The third-order valence-electron chi connectivity index (χ3n) is 2.03. The van der Waals surface area contributed by atoms with Crippen molar-refractivity contribution in [2.45, 2.75) is 25.8 Å². The molecule has 0 aromatic rings. The number of thioether (sulfide) groups is 2. The molecule has 1 aliphatic heterocycles. The average Bonchev–Trinajstić information content (AvgIpc) is 2.58. The highest BCUT2D eigenvalue weighted by molar-refractivity contribution is 8.39. The molecule has 1 rings (SSSR count). The van der Waals surface area contributed by atoms with Crippen molar-refractivity contribution in [1.82, 2.24) is 4.90 Å². The van der Waals surface area contributed by atoms with Gasteiger partial charge in [0.2, 0.25) is 5.91 Å². The van der Waals surface area contributed by atoms with Crippen LogP contribution in [0.5, 0.6) is 0 Å². The summed E-state index contributed by atoms with van der Waals surface area (Å²) >= 11 is 3.62. The molecule has 5 heteroatoms.